The highest BCUT2D eigenvalue weighted by Crippen LogP contribution is 2.14. The molecule has 0 bridgehead atoms. The van der Waals surface area contributed by atoms with E-state index in [0.717, 1.165) is 17.6 Å². The summed E-state index contributed by atoms with van der Waals surface area (Å²) in [5, 5.41) is 25.6. The van der Waals surface area contributed by atoms with Crippen molar-refractivity contribution in [3.63, 3.8) is 0 Å². The van der Waals surface area contributed by atoms with Gasteiger partial charge < -0.3 is 5.32 Å². The number of benzene rings is 1. The van der Waals surface area contributed by atoms with Gasteiger partial charge in [0.05, 0.1) is 41.1 Å². The van der Waals surface area contributed by atoms with E-state index < -0.39 is 4.92 Å². The smallest absolute Gasteiger partial charge is 0.307 e. The Balaban J connectivity index is 1.42. The van der Waals surface area contributed by atoms with E-state index in [9.17, 15) is 14.9 Å². The van der Waals surface area contributed by atoms with Crippen LogP contribution >= 0.6 is 0 Å². The summed E-state index contributed by atoms with van der Waals surface area (Å²) < 4.78 is 4.50. The molecule has 3 aromatic heterocycles. The third-order valence-corrected chi connectivity index (χ3v) is 3.86. The van der Waals surface area contributed by atoms with Gasteiger partial charge in [-0.25, -0.2) is 9.36 Å². The maximum Gasteiger partial charge on any atom is 0.307 e. The highest BCUT2D eigenvalue weighted by atomic mass is 16.6. The molecular formula is C17H14N8O3. The molecule has 0 saturated heterocycles. The first-order valence-corrected chi connectivity index (χ1v) is 8.20. The molecule has 0 unspecified atom stereocenters. The minimum Gasteiger partial charge on any atom is -0.322 e. The Morgan fingerprint density at radius 1 is 0.964 bits per heavy atom. The average molecular weight is 378 g/mol. The van der Waals surface area contributed by atoms with Gasteiger partial charge in [-0.3, -0.25) is 19.6 Å². The van der Waals surface area contributed by atoms with E-state index in [1.807, 2.05) is 36.5 Å². The molecule has 0 radical (unpaired) electrons. The van der Waals surface area contributed by atoms with Crippen molar-refractivity contribution in [1.29, 1.82) is 0 Å². The molecule has 0 fully saturated rings. The number of anilines is 1. The van der Waals surface area contributed by atoms with E-state index in [2.05, 4.69) is 20.6 Å². The Bertz CT molecular complexity index is 1130. The van der Waals surface area contributed by atoms with Gasteiger partial charge in [0.15, 0.2) is 0 Å². The van der Waals surface area contributed by atoms with Gasteiger partial charge >= 0.3 is 5.69 Å². The van der Waals surface area contributed by atoms with E-state index in [1.165, 1.54) is 17.1 Å². The molecule has 0 saturated carbocycles. The van der Waals surface area contributed by atoms with Gasteiger partial charge in [0.2, 0.25) is 5.91 Å². The number of rotatable bonds is 6. The first-order valence-electron chi connectivity index (χ1n) is 8.20. The number of para-hydroxylation sites is 1. The Morgan fingerprint density at radius 3 is 2.46 bits per heavy atom. The van der Waals surface area contributed by atoms with Crippen LogP contribution in [0.1, 0.15) is 0 Å². The van der Waals surface area contributed by atoms with Crippen molar-refractivity contribution in [1.82, 2.24) is 29.3 Å². The van der Waals surface area contributed by atoms with Gasteiger partial charge in [0.25, 0.3) is 0 Å². The number of nitrogens with one attached hydrogen (secondary N) is 1. The van der Waals surface area contributed by atoms with Crippen LogP contribution in [0.3, 0.4) is 0 Å². The largest absolute Gasteiger partial charge is 0.322 e. The lowest BCUT2D eigenvalue weighted by molar-refractivity contribution is -0.385. The fourth-order valence-electron chi connectivity index (χ4n) is 2.56. The zero-order valence-electron chi connectivity index (χ0n) is 14.4. The standard InChI is InChI=1S/C17H14N8O3/c26-17(12-22-10-16(8-18-22)25(27)28)21-13-6-19-23(9-13)15-7-20-24(11-15)14-4-2-1-3-5-14/h1-11H,12H2,(H,21,26). The van der Waals surface area contributed by atoms with Crippen molar-refractivity contribution < 1.29 is 9.72 Å². The van der Waals surface area contributed by atoms with Crippen LogP contribution in [0.4, 0.5) is 11.4 Å². The van der Waals surface area contributed by atoms with E-state index in [1.54, 1.807) is 21.8 Å². The summed E-state index contributed by atoms with van der Waals surface area (Å²) in [6, 6.07) is 9.65. The molecule has 11 nitrogen and oxygen atoms in total. The molecule has 4 aromatic rings. The van der Waals surface area contributed by atoms with E-state index >= 15 is 0 Å². The molecule has 1 aromatic carbocycles. The predicted octanol–water partition coefficient (Wildman–Crippen LogP) is 1.80. The molecule has 1 N–H and O–H groups in total. The zero-order valence-corrected chi connectivity index (χ0v) is 14.4. The minimum atomic E-state index is -0.568. The van der Waals surface area contributed by atoms with Crippen molar-refractivity contribution in [3.05, 3.63) is 77.6 Å². The Hall–Kier alpha value is -4.28. The molecule has 11 heteroatoms. The Morgan fingerprint density at radius 2 is 1.71 bits per heavy atom. The second-order valence-corrected chi connectivity index (χ2v) is 5.85. The van der Waals surface area contributed by atoms with Crippen LogP contribution in [0.25, 0.3) is 11.4 Å². The van der Waals surface area contributed by atoms with Gasteiger partial charge in [0.1, 0.15) is 24.6 Å². The van der Waals surface area contributed by atoms with Gasteiger partial charge in [0, 0.05) is 0 Å². The van der Waals surface area contributed by atoms with Crippen molar-refractivity contribution in [3.8, 4) is 11.4 Å². The van der Waals surface area contributed by atoms with Crippen molar-refractivity contribution in [2.75, 3.05) is 5.32 Å². The molecule has 4 rings (SSSR count). The van der Waals surface area contributed by atoms with Gasteiger partial charge in [-0.05, 0) is 12.1 Å². The maximum absolute atomic E-state index is 12.1. The molecule has 0 atom stereocenters. The van der Waals surface area contributed by atoms with Crippen molar-refractivity contribution >= 4 is 17.3 Å². The number of carbonyl (C=O) groups is 1. The normalized spacial score (nSPS) is 10.7. The number of hydrogen-bond acceptors (Lipinski definition) is 6. The average Bonchev–Trinajstić information content (AvgIpc) is 3.42. The van der Waals surface area contributed by atoms with E-state index in [0.29, 0.717) is 5.69 Å². The number of nitrogens with zero attached hydrogens (tertiary/aromatic N) is 7. The predicted molar refractivity (Wildman–Crippen MR) is 98.2 cm³/mol. The second kappa shape index (κ2) is 7.15. The molecule has 0 spiro atoms. The number of carbonyl (C=O) groups excluding carboxylic acids is 1. The third kappa shape index (κ3) is 3.62. The summed E-state index contributed by atoms with van der Waals surface area (Å²) in [6.07, 6.45) is 8.92. The summed E-state index contributed by atoms with van der Waals surface area (Å²) in [4.78, 5) is 22.2. The molecule has 0 aliphatic rings. The molecule has 140 valence electrons. The monoisotopic (exact) mass is 378 g/mol. The molecule has 0 aliphatic carbocycles. The SMILES string of the molecule is O=C(Cn1cc([N+](=O)[O-])cn1)Nc1cnn(-c2cnn(-c3ccccc3)c2)c1. The van der Waals surface area contributed by atoms with Crippen LogP contribution in [0.2, 0.25) is 0 Å². The van der Waals surface area contributed by atoms with Gasteiger partial charge in [-0.15, -0.1) is 0 Å². The van der Waals surface area contributed by atoms with Crippen LogP contribution in [0.15, 0.2) is 67.5 Å². The number of hydrogen-bond donors (Lipinski definition) is 1. The molecule has 1 amide bonds. The van der Waals surface area contributed by atoms with Gasteiger partial charge in [-0.2, -0.15) is 15.3 Å². The summed E-state index contributed by atoms with van der Waals surface area (Å²) in [5.74, 6) is -0.377. The van der Waals surface area contributed by atoms with E-state index in [-0.39, 0.29) is 18.1 Å². The summed E-state index contributed by atoms with van der Waals surface area (Å²) >= 11 is 0. The lowest BCUT2D eigenvalue weighted by Gasteiger charge is -2.02. The van der Waals surface area contributed by atoms with Crippen molar-refractivity contribution in [2.24, 2.45) is 0 Å². The number of aromatic nitrogens is 6. The first-order chi connectivity index (χ1) is 13.6. The van der Waals surface area contributed by atoms with Crippen LogP contribution in [-0.2, 0) is 11.3 Å². The van der Waals surface area contributed by atoms with Crippen molar-refractivity contribution in [2.45, 2.75) is 6.54 Å². The minimum absolute atomic E-state index is 0.148. The Kier molecular flexibility index (Phi) is 4.38. The fraction of sp³-hybridized carbons (Fsp3) is 0.0588. The van der Waals surface area contributed by atoms with Crippen LogP contribution in [0, 0.1) is 10.1 Å². The van der Waals surface area contributed by atoms with Crippen LogP contribution in [0.5, 0.6) is 0 Å². The maximum atomic E-state index is 12.1. The quantitative estimate of drug-likeness (QED) is 0.403. The second-order valence-electron chi connectivity index (χ2n) is 5.85. The van der Waals surface area contributed by atoms with Gasteiger partial charge in [-0.1, -0.05) is 18.2 Å². The zero-order chi connectivity index (χ0) is 19.5. The third-order valence-electron chi connectivity index (χ3n) is 3.86. The van der Waals surface area contributed by atoms with E-state index in [4.69, 9.17) is 0 Å². The highest BCUT2D eigenvalue weighted by Gasteiger charge is 2.12. The summed E-state index contributed by atoms with van der Waals surface area (Å²) in [6.45, 7) is -0.148. The van der Waals surface area contributed by atoms with Crippen LogP contribution < -0.4 is 5.32 Å². The molecule has 3 heterocycles. The first kappa shape index (κ1) is 17.1. The summed E-state index contributed by atoms with van der Waals surface area (Å²) in [5.41, 5.74) is 1.96. The lowest BCUT2D eigenvalue weighted by atomic mass is 10.3. The summed E-state index contributed by atoms with van der Waals surface area (Å²) in [7, 11) is 0. The van der Waals surface area contributed by atoms with Crippen LogP contribution in [-0.4, -0.2) is 40.2 Å². The highest BCUT2D eigenvalue weighted by molar-refractivity contribution is 5.90. The molecular weight excluding hydrogens is 364 g/mol. The lowest BCUT2D eigenvalue weighted by Crippen LogP contribution is -2.18. The Labute approximate surface area is 158 Å². The topological polar surface area (TPSA) is 126 Å². The molecule has 28 heavy (non-hydrogen) atoms. The number of nitro groups is 1. The fourth-order valence-corrected chi connectivity index (χ4v) is 2.56. The number of amides is 1. The molecule has 0 aliphatic heterocycles.